The molecule has 1 aliphatic rings. The van der Waals surface area contributed by atoms with E-state index in [0.29, 0.717) is 0 Å². The van der Waals surface area contributed by atoms with E-state index < -0.39 is 0 Å². The van der Waals surface area contributed by atoms with Gasteiger partial charge in [0.15, 0.2) is 0 Å². The number of rotatable bonds is 3. The quantitative estimate of drug-likeness (QED) is 0.928. The molecule has 1 fully saturated rings. The summed E-state index contributed by atoms with van der Waals surface area (Å²) in [5.41, 5.74) is 1.43. The van der Waals surface area contributed by atoms with E-state index in [2.05, 4.69) is 52.1 Å². The molecule has 0 aromatic heterocycles. The minimum absolute atomic E-state index is 0.202. The molecular weight excluding hydrogens is 292 g/mol. The topological polar surface area (TPSA) is 24.5 Å². The van der Waals surface area contributed by atoms with Crippen LogP contribution in [0.3, 0.4) is 0 Å². The summed E-state index contributed by atoms with van der Waals surface area (Å²) in [6.07, 6.45) is 1.13. The number of hydrogen-bond acceptors (Lipinski definition) is 3. The van der Waals surface area contributed by atoms with Gasteiger partial charge in [-0.2, -0.15) is 0 Å². The number of anilines is 1. The number of nitrogens with one attached hydrogen (secondary N) is 1. The summed E-state index contributed by atoms with van der Waals surface area (Å²) in [6, 6.07) is 6.25. The van der Waals surface area contributed by atoms with E-state index in [1.807, 2.05) is 6.07 Å². The van der Waals surface area contributed by atoms with Crippen LogP contribution in [-0.2, 0) is 0 Å². The molecule has 0 bridgehead atoms. The number of benzene rings is 1. The summed E-state index contributed by atoms with van der Waals surface area (Å²) < 4.78 is 6.40. The maximum atomic E-state index is 5.33. The van der Waals surface area contributed by atoms with E-state index >= 15 is 0 Å². The molecule has 1 saturated heterocycles. The van der Waals surface area contributed by atoms with Gasteiger partial charge in [-0.15, -0.1) is 0 Å². The zero-order valence-electron chi connectivity index (χ0n) is 11.3. The molecule has 3 nitrogen and oxygen atoms in total. The fourth-order valence-electron chi connectivity index (χ4n) is 2.35. The van der Waals surface area contributed by atoms with Crippen LogP contribution >= 0.6 is 15.9 Å². The van der Waals surface area contributed by atoms with Crippen molar-refractivity contribution < 1.29 is 4.74 Å². The van der Waals surface area contributed by atoms with E-state index in [0.717, 1.165) is 36.3 Å². The second-order valence-corrected chi connectivity index (χ2v) is 6.03. The van der Waals surface area contributed by atoms with Gasteiger partial charge >= 0.3 is 0 Å². The van der Waals surface area contributed by atoms with E-state index in [-0.39, 0.29) is 5.54 Å². The zero-order chi connectivity index (χ0) is 13.2. The first-order valence-electron chi connectivity index (χ1n) is 6.41. The Morgan fingerprint density at radius 3 is 2.89 bits per heavy atom. The third kappa shape index (κ3) is 2.98. The molecule has 0 radical (unpaired) electrons. The molecule has 1 aromatic rings. The predicted octanol–water partition coefficient (Wildman–Crippen LogP) is 3.04. The molecule has 0 saturated carbocycles. The fraction of sp³-hybridized carbons (Fsp3) is 0.571. The van der Waals surface area contributed by atoms with Crippen molar-refractivity contribution in [3.05, 3.63) is 22.7 Å². The van der Waals surface area contributed by atoms with Crippen molar-refractivity contribution in [1.82, 2.24) is 5.32 Å². The highest BCUT2D eigenvalue weighted by Crippen LogP contribution is 2.29. The summed E-state index contributed by atoms with van der Waals surface area (Å²) in [5, 5.41) is 3.60. The molecule has 2 rings (SSSR count). The lowest BCUT2D eigenvalue weighted by Crippen LogP contribution is -2.58. The lowest BCUT2D eigenvalue weighted by molar-refractivity contribution is 0.314. The Kier molecular flexibility index (Phi) is 4.17. The van der Waals surface area contributed by atoms with Crippen molar-refractivity contribution in [3.63, 3.8) is 0 Å². The molecule has 0 amide bonds. The largest absolute Gasteiger partial charge is 0.497 e. The minimum Gasteiger partial charge on any atom is -0.497 e. The Morgan fingerprint density at radius 2 is 2.22 bits per heavy atom. The SMILES string of the molecule is CCC1(C)CN(c2cc(Br)cc(OC)c2)CCN1. The van der Waals surface area contributed by atoms with Gasteiger partial charge < -0.3 is 15.0 Å². The van der Waals surface area contributed by atoms with Crippen molar-refractivity contribution >= 4 is 21.6 Å². The number of nitrogens with zero attached hydrogens (tertiary/aromatic N) is 1. The van der Waals surface area contributed by atoms with E-state index in [9.17, 15) is 0 Å². The molecule has 0 aliphatic carbocycles. The van der Waals surface area contributed by atoms with Gasteiger partial charge in [-0.3, -0.25) is 0 Å². The van der Waals surface area contributed by atoms with Gasteiger partial charge in [0.05, 0.1) is 7.11 Å². The van der Waals surface area contributed by atoms with Gasteiger partial charge in [-0.05, 0) is 25.5 Å². The third-order valence-corrected chi connectivity index (χ3v) is 4.17. The van der Waals surface area contributed by atoms with Gasteiger partial charge in [0, 0.05) is 41.4 Å². The smallest absolute Gasteiger partial charge is 0.122 e. The van der Waals surface area contributed by atoms with Crippen LogP contribution in [0.5, 0.6) is 5.75 Å². The summed E-state index contributed by atoms with van der Waals surface area (Å²) in [4.78, 5) is 2.42. The van der Waals surface area contributed by atoms with Crippen LogP contribution in [0.25, 0.3) is 0 Å². The molecule has 1 unspecified atom stereocenters. The predicted molar refractivity (Wildman–Crippen MR) is 79.6 cm³/mol. The standard InChI is InChI=1S/C14H21BrN2O/c1-4-14(2)10-17(6-5-16-14)12-7-11(15)8-13(9-12)18-3/h7-9,16H,4-6,10H2,1-3H3. The third-order valence-electron chi connectivity index (χ3n) is 3.71. The summed E-state index contributed by atoms with van der Waals surface area (Å²) >= 11 is 3.54. The average molecular weight is 313 g/mol. The Hall–Kier alpha value is -0.740. The fourth-order valence-corrected chi connectivity index (χ4v) is 2.81. The first-order valence-corrected chi connectivity index (χ1v) is 7.20. The molecule has 18 heavy (non-hydrogen) atoms. The minimum atomic E-state index is 0.202. The molecule has 4 heteroatoms. The van der Waals surface area contributed by atoms with Crippen LogP contribution in [0.4, 0.5) is 5.69 Å². The van der Waals surface area contributed by atoms with Crippen LogP contribution < -0.4 is 15.0 Å². The highest BCUT2D eigenvalue weighted by atomic mass is 79.9. The van der Waals surface area contributed by atoms with Crippen molar-refractivity contribution in [3.8, 4) is 5.75 Å². The van der Waals surface area contributed by atoms with Gasteiger partial charge in [-0.1, -0.05) is 22.9 Å². The number of piperazine rings is 1. The molecule has 1 aromatic carbocycles. The molecule has 100 valence electrons. The average Bonchev–Trinajstić information content (AvgIpc) is 2.38. The van der Waals surface area contributed by atoms with Crippen LogP contribution in [0.1, 0.15) is 20.3 Å². The van der Waals surface area contributed by atoms with Crippen LogP contribution in [0.2, 0.25) is 0 Å². The lowest BCUT2D eigenvalue weighted by Gasteiger charge is -2.42. The van der Waals surface area contributed by atoms with Crippen LogP contribution in [-0.4, -0.2) is 32.3 Å². The highest BCUT2D eigenvalue weighted by molar-refractivity contribution is 9.10. The van der Waals surface area contributed by atoms with Gasteiger partial charge in [-0.25, -0.2) is 0 Å². The number of halogens is 1. The molecular formula is C14H21BrN2O. The summed E-state index contributed by atoms with van der Waals surface area (Å²) in [7, 11) is 1.71. The first kappa shape index (κ1) is 13.7. The number of hydrogen-bond donors (Lipinski definition) is 1. The van der Waals surface area contributed by atoms with Crippen molar-refractivity contribution in [2.75, 3.05) is 31.6 Å². The molecule has 1 aliphatic heterocycles. The first-order chi connectivity index (χ1) is 8.56. The Morgan fingerprint density at radius 1 is 1.44 bits per heavy atom. The Bertz CT molecular complexity index is 424. The number of ether oxygens (including phenoxy) is 1. The molecule has 0 spiro atoms. The molecule has 1 N–H and O–H groups in total. The zero-order valence-corrected chi connectivity index (χ0v) is 12.9. The van der Waals surface area contributed by atoms with E-state index in [1.54, 1.807) is 7.11 Å². The van der Waals surface area contributed by atoms with Crippen molar-refractivity contribution in [2.45, 2.75) is 25.8 Å². The monoisotopic (exact) mass is 312 g/mol. The summed E-state index contributed by atoms with van der Waals surface area (Å²) in [5.74, 6) is 0.899. The molecule has 1 atom stereocenters. The van der Waals surface area contributed by atoms with Crippen molar-refractivity contribution in [2.24, 2.45) is 0 Å². The van der Waals surface area contributed by atoms with E-state index in [1.165, 1.54) is 5.69 Å². The lowest BCUT2D eigenvalue weighted by atomic mass is 9.95. The van der Waals surface area contributed by atoms with Gasteiger partial charge in [0.1, 0.15) is 5.75 Å². The normalized spacial score (nSPS) is 24.1. The number of methoxy groups -OCH3 is 1. The second-order valence-electron chi connectivity index (χ2n) is 5.11. The van der Waals surface area contributed by atoms with Gasteiger partial charge in [0.2, 0.25) is 0 Å². The maximum absolute atomic E-state index is 5.33. The summed E-state index contributed by atoms with van der Waals surface area (Å²) in [6.45, 7) is 7.61. The molecule has 1 heterocycles. The van der Waals surface area contributed by atoms with Crippen molar-refractivity contribution in [1.29, 1.82) is 0 Å². The Labute approximate surface area is 118 Å². The van der Waals surface area contributed by atoms with Gasteiger partial charge in [0.25, 0.3) is 0 Å². The van der Waals surface area contributed by atoms with Crippen LogP contribution in [0, 0.1) is 0 Å². The van der Waals surface area contributed by atoms with Crippen LogP contribution in [0.15, 0.2) is 22.7 Å². The second kappa shape index (κ2) is 5.49. The maximum Gasteiger partial charge on any atom is 0.122 e. The van der Waals surface area contributed by atoms with E-state index in [4.69, 9.17) is 4.74 Å². The highest BCUT2D eigenvalue weighted by Gasteiger charge is 2.28. The Balaban J connectivity index is 2.23.